The van der Waals surface area contributed by atoms with Crippen molar-refractivity contribution < 1.29 is 27.8 Å². The van der Waals surface area contributed by atoms with Gasteiger partial charge >= 0.3 is 5.97 Å². The van der Waals surface area contributed by atoms with Crippen molar-refractivity contribution in [1.29, 1.82) is 0 Å². The van der Waals surface area contributed by atoms with E-state index in [1.54, 1.807) is 6.07 Å². The Morgan fingerprint density at radius 1 is 1.08 bits per heavy atom. The number of anilines is 1. The second kappa shape index (κ2) is 6.21. The average molecular weight is 370 g/mol. The molecule has 9 heteroatoms. The van der Waals surface area contributed by atoms with Crippen LogP contribution in [0.3, 0.4) is 0 Å². The molecular formula is C15H12ClNO6S. The molecule has 7 nitrogen and oxygen atoms in total. The fourth-order valence-electron chi connectivity index (χ4n) is 2.16. The standard InChI is InChI=1S/C15H12ClNO6S/c16-12-3-2-10(8-11(12)15(18)19)24(20,21)17-9-1-4-13-14(7-9)23-6-5-22-13/h1-4,7-8,17H,5-6H2,(H,18,19). The van der Waals surface area contributed by atoms with Crippen LogP contribution < -0.4 is 14.2 Å². The number of sulfonamides is 1. The molecular weight excluding hydrogens is 358 g/mol. The number of carbonyl (C=O) groups is 1. The average Bonchev–Trinajstić information content (AvgIpc) is 2.54. The number of rotatable bonds is 4. The van der Waals surface area contributed by atoms with Crippen LogP contribution in [0.4, 0.5) is 5.69 Å². The summed E-state index contributed by atoms with van der Waals surface area (Å²) in [5.41, 5.74) is -0.0206. The molecule has 0 saturated carbocycles. The van der Waals surface area contributed by atoms with Gasteiger partial charge in [-0.1, -0.05) is 11.6 Å². The summed E-state index contributed by atoms with van der Waals surface area (Å²) in [5.74, 6) is -0.344. The van der Waals surface area contributed by atoms with E-state index in [2.05, 4.69) is 4.72 Å². The van der Waals surface area contributed by atoms with E-state index < -0.39 is 16.0 Å². The highest BCUT2D eigenvalue weighted by atomic mass is 35.5. The minimum absolute atomic E-state index is 0.0409. The van der Waals surface area contributed by atoms with Gasteiger partial charge in [-0.05, 0) is 30.3 Å². The smallest absolute Gasteiger partial charge is 0.337 e. The highest BCUT2D eigenvalue weighted by molar-refractivity contribution is 7.92. The Morgan fingerprint density at radius 3 is 2.50 bits per heavy atom. The van der Waals surface area contributed by atoms with Crippen LogP contribution in [0.25, 0.3) is 0 Å². The van der Waals surface area contributed by atoms with Gasteiger partial charge in [-0.2, -0.15) is 0 Å². The van der Waals surface area contributed by atoms with Crippen molar-refractivity contribution in [2.24, 2.45) is 0 Å². The van der Waals surface area contributed by atoms with Crippen molar-refractivity contribution in [3.63, 3.8) is 0 Å². The Hall–Kier alpha value is -2.45. The summed E-state index contributed by atoms with van der Waals surface area (Å²) in [7, 11) is -3.98. The predicted molar refractivity (Wildman–Crippen MR) is 86.7 cm³/mol. The van der Waals surface area contributed by atoms with Gasteiger partial charge in [-0.15, -0.1) is 0 Å². The maximum atomic E-state index is 12.4. The Labute approximate surface area is 142 Å². The molecule has 1 aliphatic heterocycles. The molecule has 0 fully saturated rings. The predicted octanol–water partition coefficient (Wildman–Crippen LogP) is 2.61. The molecule has 0 saturated heterocycles. The first-order valence-corrected chi connectivity index (χ1v) is 8.68. The number of halogens is 1. The Morgan fingerprint density at radius 2 is 1.79 bits per heavy atom. The zero-order chi connectivity index (χ0) is 17.3. The van der Waals surface area contributed by atoms with Crippen LogP contribution in [0.1, 0.15) is 10.4 Å². The molecule has 3 rings (SSSR count). The first kappa shape index (κ1) is 16.4. The van der Waals surface area contributed by atoms with Gasteiger partial charge in [0.25, 0.3) is 10.0 Å². The summed E-state index contributed by atoms with van der Waals surface area (Å²) in [6, 6.07) is 8.08. The van der Waals surface area contributed by atoms with Crippen LogP contribution >= 0.6 is 11.6 Å². The highest BCUT2D eigenvalue weighted by Gasteiger charge is 2.20. The molecule has 2 N–H and O–H groups in total. The largest absolute Gasteiger partial charge is 0.486 e. The van der Waals surface area contributed by atoms with Crippen LogP contribution in [0, 0.1) is 0 Å². The maximum Gasteiger partial charge on any atom is 0.337 e. The number of carboxylic acid groups (broad SMARTS) is 1. The molecule has 24 heavy (non-hydrogen) atoms. The number of hydrogen-bond acceptors (Lipinski definition) is 5. The third-order valence-corrected chi connectivity index (χ3v) is 4.98. The number of fused-ring (bicyclic) bond motifs is 1. The van der Waals surface area contributed by atoms with Gasteiger partial charge < -0.3 is 14.6 Å². The Bertz CT molecular complexity index is 912. The van der Waals surface area contributed by atoms with Gasteiger partial charge in [0.15, 0.2) is 11.5 Å². The van der Waals surface area contributed by atoms with Crippen LogP contribution in [0.15, 0.2) is 41.3 Å². The zero-order valence-corrected chi connectivity index (χ0v) is 13.7. The Kier molecular flexibility index (Phi) is 4.25. The van der Waals surface area contributed by atoms with Crippen molar-refractivity contribution in [3.05, 3.63) is 47.0 Å². The van der Waals surface area contributed by atoms with E-state index in [-0.39, 0.29) is 21.2 Å². The van der Waals surface area contributed by atoms with Gasteiger partial charge in [0, 0.05) is 6.07 Å². The number of carboxylic acids is 1. The van der Waals surface area contributed by atoms with E-state index in [0.717, 1.165) is 6.07 Å². The molecule has 0 unspecified atom stereocenters. The number of aromatic carboxylic acids is 1. The van der Waals surface area contributed by atoms with Gasteiger partial charge in [0.1, 0.15) is 13.2 Å². The second-order valence-corrected chi connectivity index (χ2v) is 7.00. The SMILES string of the molecule is O=C(O)c1cc(S(=O)(=O)Nc2ccc3c(c2)OCCO3)ccc1Cl. The van der Waals surface area contributed by atoms with Crippen LogP contribution in [0.2, 0.25) is 5.02 Å². The summed E-state index contributed by atoms with van der Waals surface area (Å²) in [5, 5.41) is 9.01. The highest BCUT2D eigenvalue weighted by Crippen LogP contribution is 2.33. The normalized spacial score (nSPS) is 13.4. The molecule has 0 bridgehead atoms. The Balaban J connectivity index is 1.91. The summed E-state index contributed by atoms with van der Waals surface area (Å²) < 4.78 is 38.0. The molecule has 0 atom stereocenters. The van der Waals surface area contributed by atoms with Crippen LogP contribution in [0.5, 0.6) is 11.5 Å². The van der Waals surface area contributed by atoms with Crippen LogP contribution in [-0.2, 0) is 10.0 Å². The van der Waals surface area contributed by atoms with Gasteiger partial charge in [0.2, 0.25) is 0 Å². The molecule has 0 radical (unpaired) electrons. The number of hydrogen-bond donors (Lipinski definition) is 2. The fraction of sp³-hybridized carbons (Fsp3) is 0.133. The summed E-state index contributed by atoms with van der Waals surface area (Å²) in [6.45, 7) is 0.809. The topological polar surface area (TPSA) is 102 Å². The third kappa shape index (κ3) is 3.24. The van der Waals surface area contributed by atoms with Crippen molar-refractivity contribution in [2.75, 3.05) is 17.9 Å². The van der Waals surface area contributed by atoms with E-state index in [9.17, 15) is 13.2 Å². The molecule has 0 aliphatic carbocycles. The molecule has 1 aliphatic rings. The number of nitrogens with one attached hydrogen (secondary N) is 1. The van der Waals surface area contributed by atoms with E-state index in [1.807, 2.05) is 0 Å². The van der Waals surface area contributed by atoms with Crippen molar-refractivity contribution in [1.82, 2.24) is 0 Å². The molecule has 2 aromatic rings. The maximum absolute atomic E-state index is 12.4. The number of benzene rings is 2. The van der Waals surface area contributed by atoms with Gasteiger partial charge in [0.05, 0.1) is 21.2 Å². The lowest BCUT2D eigenvalue weighted by Gasteiger charge is -2.19. The zero-order valence-electron chi connectivity index (χ0n) is 12.2. The lowest BCUT2D eigenvalue weighted by Crippen LogP contribution is -2.17. The minimum Gasteiger partial charge on any atom is -0.486 e. The quantitative estimate of drug-likeness (QED) is 0.858. The van der Waals surface area contributed by atoms with Crippen molar-refractivity contribution in [2.45, 2.75) is 4.90 Å². The molecule has 126 valence electrons. The summed E-state index contributed by atoms with van der Waals surface area (Å²) in [4.78, 5) is 10.9. The fourth-order valence-corrected chi connectivity index (χ4v) is 3.43. The van der Waals surface area contributed by atoms with Crippen molar-refractivity contribution >= 4 is 33.3 Å². The number of ether oxygens (including phenoxy) is 2. The molecule has 0 amide bonds. The lowest BCUT2D eigenvalue weighted by molar-refractivity contribution is 0.0697. The van der Waals surface area contributed by atoms with E-state index in [1.165, 1.54) is 24.3 Å². The summed E-state index contributed by atoms with van der Waals surface area (Å²) in [6.07, 6.45) is 0. The first-order chi connectivity index (χ1) is 11.4. The molecule has 0 spiro atoms. The molecule has 2 aromatic carbocycles. The van der Waals surface area contributed by atoms with Gasteiger partial charge in [-0.3, -0.25) is 4.72 Å². The summed E-state index contributed by atoms with van der Waals surface area (Å²) >= 11 is 5.75. The lowest BCUT2D eigenvalue weighted by atomic mass is 10.2. The van der Waals surface area contributed by atoms with E-state index in [0.29, 0.717) is 24.7 Å². The molecule has 1 heterocycles. The van der Waals surface area contributed by atoms with Crippen LogP contribution in [-0.4, -0.2) is 32.7 Å². The second-order valence-electron chi connectivity index (χ2n) is 4.91. The molecule has 0 aromatic heterocycles. The third-order valence-electron chi connectivity index (χ3n) is 3.27. The van der Waals surface area contributed by atoms with Crippen molar-refractivity contribution in [3.8, 4) is 11.5 Å². The van der Waals surface area contributed by atoms with E-state index >= 15 is 0 Å². The van der Waals surface area contributed by atoms with E-state index in [4.69, 9.17) is 26.2 Å². The first-order valence-electron chi connectivity index (χ1n) is 6.82. The van der Waals surface area contributed by atoms with Gasteiger partial charge in [-0.25, -0.2) is 13.2 Å². The monoisotopic (exact) mass is 369 g/mol. The minimum atomic E-state index is -3.98.